The molecule has 1 aliphatic rings. The molecular formula is C24H21FN2O2. The summed E-state index contributed by atoms with van der Waals surface area (Å²) in [4.78, 5) is 18.0. The Morgan fingerprint density at radius 2 is 1.72 bits per heavy atom. The molecule has 0 atom stereocenters. The third kappa shape index (κ3) is 3.32. The zero-order chi connectivity index (χ0) is 19.8. The molecule has 0 N–H and O–H groups in total. The zero-order valence-electron chi connectivity index (χ0n) is 16.0. The second-order valence-corrected chi connectivity index (χ2v) is 7.58. The largest absolute Gasteiger partial charge is 0.381 e. The number of benzene rings is 3. The fraction of sp³-hybridized carbons (Fsp3) is 0.250. The fourth-order valence-electron chi connectivity index (χ4n) is 4.24. The molecule has 1 aromatic heterocycles. The third-order valence-electron chi connectivity index (χ3n) is 5.77. The van der Waals surface area contributed by atoms with E-state index >= 15 is 0 Å². The number of fused-ring (bicyclic) bond motifs is 3. The normalized spacial score (nSPS) is 15.2. The van der Waals surface area contributed by atoms with Crippen molar-refractivity contribution in [1.82, 2.24) is 9.55 Å². The lowest BCUT2D eigenvalue weighted by atomic mass is 9.96. The van der Waals surface area contributed by atoms with E-state index in [1.165, 1.54) is 12.1 Å². The minimum atomic E-state index is -0.249. The van der Waals surface area contributed by atoms with Gasteiger partial charge < -0.3 is 4.74 Å². The second-order valence-electron chi connectivity index (χ2n) is 7.58. The molecule has 1 saturated heterocycles. The van der Waals surface area contributed by atoms with Gasteiger partial charge in [0.15, 0.2) is 0 Å². The number of ether oxygens (including phenoxy) is 1. The van der Waals surface area contributed by atoms with Crippen molar-refractivity contribution in [2.45, 2.75) is 25.3 Å². The minimum absolute atomic E-state index is 0.00647. The van der Waals surface area contributed by atoms with E-state index < -0.39 is 0 Å². The summed E-state index contributed by atoms with van der Waals surface area (Å²) in [5.74, 6) is -0.249. The number of halogens is 1. The Bertz CT molecular complexity index is 1240. The van der Waals surface area contributed by atoms with E-state index in [0.29, 0.717) is 25.0 Å². The number of nitrogens with zero attached hydrogens (tertiary/aromatic N) is 2. The maximum atomic E-state index is 13.4. The van der Waals surface area contributed by atoms with Crippen LogP contribution in [0.25, 0.3) is 21.7 Å². The Morgan fingerprint density at radius 1 is 1.00 bits per heavy atom. The lowest BCUT2D eigenvalue weighted by Crippen LogP contribution is -2.29. The van der Waals surface area contributed by atoms with E-state index in [2.05, 4.69) is 11.1 Å². The van der Waals surface area contributed by atoms with Crippen molar-refractivity contribution in [1.29, 1.82) is 0 Å². The summed E-state index contributed by atoms with van der Waals surface area (Å²) in [6.07, 6.45) is 3.96. The van der Waals surface area contributed by atoms with E-state index in [-0.39, 0.29) is 17.4 Å². The van der Waals surface area contributed by atoms with Gasteiger partial charge in [-0.3, -0.25) is 9.36 Å². The van der Waals surface area contributed by atoms with Gasteiger partial charge in [-0.1, -0.05) is 36.4 Å². The molecule has 0 aliphatic carbocycles. The van der Waals surface area contributed by atoms with Crippen molar-refractivity contribution < 1.29 is 9.13 Å². The summed E-state index contributed by atoms with van der Waals surface area (Å²) >= 11 is 0. The Labute approximate surface area is 167 Å². The van der Waals surface area contributed by atoms with Crippen LogP contribution in [0.15, 0.2) is 65.7 Å². The first kappa shape index (κ1) is 18.0. The Balaban J connectivity index is 1.69. The molecule has 2 heterocycles. The van der Waals surface area contributed by atoms with Crippen molar-refractivity contribution in [3.63, 3.8) is 0 Å². The molecule has 0 saturated carbocycles. The van der Waals surface area contributed by atoms with Crippen molar-refractivity contribution in [2.75, 3.05) is 13.2 Å². The first-order valence-corrected chi connectivity index (χ1v) is 9.94. The molecule has 4 aromatic rings. The van der Waals surface area contributed by atoms with E-state index in [1.807, 2.05) is 24.3 Å². The van der Waals surface area contributed by atoms with E-state index in [0.717, 1.165) is 40.3 Å². The highest BCUT2D eigenvalue weighted by Crippen LogP contribution is 2.28. The fourth-order valence-corrected chi connectivity index (χ4v) is 4.24. The van der Waals surface area contributed by atoms with Crippen molar-refractivity contribution in [2.24, 2.45) is 0 Å². The lowest BCUT2D eigenvalue weighted by Gasteiger charge is -2.24. The predicted octanol–water partition coefficient (Wildman–Crippen LogP) is 4.63. The topological polar surface area (TPSA) is 44.1 Å². The van der Waals surface area contributed by atoms with Gasteiger partial charge in [-0.2, -0.15) is 0 Å². The first-order chi connectivity index (χ1) is 14.2. The van der Waals surface area contributed by atoms with Crippen molar-refractivity contribution >= 4 is 21.7 Å². The number of hydrogen-bond acceptors (Lipinski definition) is 3. The Hall–Kier alpha value is -3.05. The Kier molecular flexibility index (Phi) is 4.60. The molecule has 0 unspecified atom stereocenters. The number of aromatic nitrogens is 2. The summed E-state index contributed by atoms with van der Waals surface area (Å²) in [5, 5.41) is 2.67. The van der Waals surface area contributed by atoms with Crippen LogP contribution >= 0.6 is 0 Å². The van der Waals surface area contributed by atoms with E-state index in [4.69, 9.17) is 4.74 Å². The summed E-state index contributed by atoms with van der Waals surface area (Å²) < 4.78 is 20.5. The summed E-state index contributed by atoms with van der Waals surface area (Å²) in [7, 11) is 0. The smallest absolute Gasteiger partial charge is 0.261 e. The maximum absolute atomic E-state index is 13.4. The SMILES string of the molecule is O=c1c2cc(Cc3ccc(F)cc3)c3ccccc3c2ncn1C1CCOCC1. The van der Waals surface area contributed by atoms with Crippen LogP contribution in [0.5, 0.6) is 0 Å². The van der Waals surface area contributed by atoms with Gasteiger partial charge in [0.1, 0.15) is 5.82 Å². The van der Waals surface area contributed by atoms with E-state index in [9.17, 15) is 9.18 Å². The molecule has 1 aliphatic heterocycles. The summed E-state index contributed by atoms with van der Waals surface area (Å²) in [5.41, 5.74) is 2.78. The van der Waals surface area contributed by atoms with E-state index in [1.54, 1.807) is 23.0 Å². The van der Waals surface area contributed by atoms with Crippen LogP contribution in [0, 0.1) is 5.82 Å². The molecule has 0 amide bonds. The highest BCUT2D eigenvalue weighted by Gasteiger charge is 2.19. The summed E-state index contributed by atoms with van der Waals surface area (Å²) in [6.45, 7) is 1.34. The second kappa shape index (κ2) is 7.41. The molecule has 0 spiro atoms. The van der Waals surface area contributed by atoms with Crippen LogP contribution in [-0.2, 0) is 11.2 Å². The van der Waals surface area contributed by atoms with Gasteiger partial charge in [0.2, 0.25) is 0 Å². The van der Waals surface area contributed by atoms with Crippen LogP contribution in [0.2, 0.25) is 0 Å². The van der Waals surface area contributed by atoms with Crippen LogP contribution in [-0.4, -0.2) is 22.8 Å². The van der Waals surface area contributed by atoms with Crippen LogP contribution < -0.4 is 5.56 Å². The predicted molar refractivity (Wildman–Crippen MR) is 112 cm³/mol. The molecule has 0 bridgehead atoms. The number of rotatable bonds is 3. The molecule has 29 heavy (non-hydrogen) atoms. The average molecular weight is 388 g/mol. The van der Waals surface area contributed by atoms with Gasteiger partial charge in [-0.05, 0) is 54.0 Å². The summed E-state index contributed by atoms with van der Waals surface area (Å²) in [6, 6.07) is 16.6. The lowest BCUT2D eigenvalue weighted by molar-refractivity contribution is 0.0685. The molecule has 1 fully saturated rings. The van der Waals surface area contributed by atoms with Crippen molar-refractivity contribution in [3.05, 3.63) is 88.2 Å². The monoisotopic (exact) mass is 388 g/mol. The van der Waals surface area contributed by atoms with Gasteiger partial charge in [-0.25, -0.2) is 9.37 Å². The van der Waals surface area contributed by atoms with Gasteiger partial charge in [0, 0.05) is 24.6 Å². The third-order valence-corrected chi connectivity index (χ3v) is 5.77. The molecule has 3 aromatic carbocycles. The number of hydrogen-bond donors (Lipinski definition) is 0. The zero-order valence-corrected chi connectivity index (χ0v) is 16.0. The van der Waals surface area contributed by atoms with Crippen LogP contribution in [0.3, 0.4) is 0 Å². The molecule has 5 heteroatoms. The molecule has 4 nitrogen and oxygen atoms in total. The highest BCUT2D eigenvalue weighted by atomic mass is 19.1. The molecule has 146 valence electrons. The maximum Gasteiger partial charge on any atom is 0.261 e. The average Bonchev–Trinajstić information content (AvgIpc) is 2.77. The van der Waals surface area contributed by atoms with Crippen LogP contribution in [0.1, 0.15) is 30.0 Å². The first-order valence-electron chi connectivity index (χ1n) is 9.94. The highest BCUT2D eigenvalue weighted by molar-refractivity contribution is 6.06. The Morgan fingerprint density at radius 3 is 2.48 bits per heavy atom. The standard InChI is InChI=1S/C24H21FN2O2/c25-18-7-5-16(6-8-18)13-17-14-22-23(21-4-2-1-3-20(17)21)26-15-27(24(22)28)19-9-11-29-12-10-19/h1-8,14-15,19H,9-13H2. The van der Waals surface area contributed by atoms with Gasteiger partial charge in [-0.15, -0.1) is 0 Å². The molecular weight excluding hydrogens is 367 g/mol. The minimum Gasteiger partial charge on any atom is -0.381 e. The quantitative estimate of drug-likeness (QED) is 0.481. The van der Waals surface area contributed by atoms with Gasteiger partial charge in [0.05, 0.1) is 17.2 Å². The molecule has 5 rings (SSSR count). The van der Waals surface area contributed by atoms with Crippen LogP contribution in [0.4, 0.5) is 4.39 Å². The van der Waals surface area contributed by atoms with Crippen molar-refractivity contribution in [3.8, 4) is 0 Å². The van der Waals surface area contributed by atoms with Gasteiger partial charge in [0.25, 0.3) is 5.56 Å². The molecule has 0 radical (unpaired) electrons. The van der Waals surface area contributed by atoms with Gasteiger partial charge >= 0.3 is 0 Å².